The zero-order chi connectivity index (χ0) is 14.9. The Labute approximate surface area is 125 Å². The Bertz CT molecular complexity index is 410. The van der Waals surface area contributed by atoms with Crippen molar-refractivity contribution in [2.45, 2.75) is 18.4 Å². The van der Waals surface area contributed by atoms with Gasteiger partial charge in [-0.2, -0.15) is 0 Å². The van der Waals surface area contributed by atoms with Gasteiger partial charge in [-0.1, -0.05) is 0 Å². The molecule has 0 aromatic heterocycles. The van der Waals surface area contributed by atoms with Crippen molar-refractivity contribution in [3.8, 4) is 0 Å². The fraction of sp³-hybridized carbons (Fsp3) is 0.857. The Kier molecular flexibility index (Phi) is 4.14. The fourth-order valence-corrected chi connectivity index (χ4v) is 2.87. The van der Waals surface area contributed by atoms with Crippen molar-refractivity contribution in [1.82, 2.24) is 14.7 Å². The Hall–Kier alpha value is -1.18. The topological polar surface area (TPSA) is 79.1 Å². The second-order valence-corrected chi connectivity index (χ2v) is 6.22. The third kappa shape index (κ3) is 3.36. The Morgan fingerprint density at radius 3 is 2.10 bits per heavy atom. The third-order valence-corrected chi connectivity index (χ3v) is 4.60. The van der Waals surface area contributed by atoms with E-state index in [9.17, 15) is 9.59 Å². The molecule has 2 amide bonds. The van der Waals surface area contributed by atoms with Gasteiger partial charge in [0.15, 0.2) is 0 Å². The first kappa shape index (κ1) is 14.7. The predicted octanol–water partition coefficient (Wildman–Crippen LogP) is -1.52. The highest BCUT2D eigenvalue weighted by Crippen LogP contribution is 2.34. The highest BCUT2D eigenvalue weighted by molar-refractivity contribution is 5.89. The number of ether oxygens (including phenoxy) is 1. The smallest absolute Gasteiger partial charge is 0.242 e. The van der Waals surface area contributed by atoms with Crippen molar-refractivity contribution < 1.29 is 14.3 Å². The molecule has 2 saturated heterocycles. The molecule has 7 nitrogen and oxygen atoms in total. The molecule has 2 N–H and O–H groups in total. The number of morpholine rings is 1. The second-order valence-electron chi connectivity index (χ2n) is 6.22. The van der Waals surface area contributed by atoms with Crippen molar-refractivity contribution in [2.24, 2.45) is 5.73 Å². The molecule has 0 atom stereocenters. The summed E-state index contributed by atoms with van der Waals surface area (Å²) in [4.78, 5) is 30.2. The number of hydrogen-bond donors (Lipinski definition) is 1. The Balaban J connectivity index is 1.44. The largest absolute Gasteiger partial charge is 0.379 e. The van der Waals surface area contributed by atoms with Crippen LogP contribution in [0.15, 0.2) is 0 Å². The van der Waals surface area contributed by atoms with Crippen LogP contribution in [0.1, 0.15) is 12.8 Å². The van der Waals surface area contributed by atoms with Gasteiger partial charge in [0.05, 0.1) is 25.3 Å². The van der Waals surface area contributed by atoms with Crippen LogP contribution in [-0.4, -0.2) is 91.1 Å². The SMILES string of the molecule is NC1(C(=O)N2CCN(C(=O)CN3CCOCC3)CC2)CC1. The van der Waals surface area contributed by atoms with E-state index in [2.05, 4.69) is 4.90 Å². The monoisotopic (exact) mass is 296 g/mol. The van der Waals surface area contributed by atoms with E-state index in [1.54, 1.807) is 0 Å². The summed E-state index contributed by atoms with van der Waals surface area (Å²) in [5, 5.41) is 0. The number of nitrogens with two attached hydrogens (primary N) is 1. The predicted molar refractivity (Wildman–Crippen MR) is 76.6 cm³/mol. The Morgan fingerprint density at radius 2 is 1.52 bits per heavy atom. The second kappa shape index (κ2) is 5.90. The first-order valence-electron chi connectivity index (χ1n) is 7.75. The quantitative estimate of drug-likeness (QED) is 0.684. The van der Waals surface area contributed by atoms with Crippen molar-refractivity contribution in [3.05, 3.63) is 0 Å². The number of carbonyl (C=O) groups is 2. The minimum atomic E-state index is -0.597. The van der Waals surface area contributed by atoms with Gasteiger partial charge in [0.1, 0.15) is 0 Å². The molecule has 0 aromatic rings. The maximum atomic E-state index is 12.3. The van der Waals surface area contributed by atoms with Crippen LogP contribution in [0.25, 0.3) is 0 Å². The number of amides is 2. The first-order valence-corrected chi connectivity index (χ1v) is 7.75. The molecule has 1 saturated carbocycles. The summed E-state index contributed by atoms with van der Waals surface area (Å²) in [6.45, 7) is 5.94. The van der Waals surface area contributed by atoms with E-state index in [1.165, 1.54) is 0 Å². The van der Waals surface area contributed by atoms with Crippen LogP contribution in [0.5, 0.6) is 0 Å². The van der Waals surface area contributed by atoms with Gasteiger partial charge in [-0.15, -0.1) is 0 Å². The average molecular weight is 296 g/mol. The molecule has 1 aliphatic carbocycles. The molecule has 2 aliphatic heterocycles. The van der Waals surface area contributed by atoms with Crippen LogP contribution < -0.4 is 5.73 Å². The summed E-state index contributed by atoms with van der Waals surface area (Å²) in [6, 6.07) is 0. The highest BCUT2D eigenvalue weighted by Gasteiger charge is 2.48. The summed E-state index contributed by atoms with van der Waals surface area (Å²) in [6.07, 6.45) is 1.59. The van der Waals surface area contributed by atoms with Crippen molar-refractivity contribution in [1.29, 1.82) is 0 Å². The van der Waals surface area contributed by atoms with Gasteiger partial charge >= 0.3 is 0 Å². The lowest BCUT2D eigenvalue weighted by atomic mass is 10.2. The maximum absolute atomic E-state index is 12.3. The molecule has 7 heteroatoms. The molecule has 0 aromatic carbocycles. The van der Waals surface area contributed by atoms with Gasteiger partial charge in [0.25, 0.3) is 0 Å². The molecule has 2 heterocycles. The third-order valence-electron chi connectivity index (χ3n) is 4.60. The molecular weight excluding hydrogens is 272 g/mol. The normalized spacial score (nSPS) is 25.8. The molecule has 3 rings (SSSR count). The molecule has 3 aliphatic rings. The molecular formula is C14H24N4O3. The van der Waals surface area contributed by atoms with Crippen LogP contribution in [0.3, 0.4) is 0 Å². The van der Waals surface area contributed by atoms with Crippen LogP contribution in [0.4, 0.5) is 0 Å². The Morgan fingerprint density at radius 1 is 0.952 bits per heavy atom. The zero-order valence-electron chi connectivity index (χ0n) is 12.4. The van der Waals surface area contributed by atoms with E-state index in [0.717, 1.165) is 25.9 Å². The van der Waals surface area contributed by atoms with Crippen LogP contribution in [0.2, 0.25) is 0 Å². The van der Waals surface area contributed by atoms with Crippen LogP contribution >= 0.6 is 0 Å². The lowest BCUT2D eigenvalue weighted by molar-refractivity contribution is -0.141. The maximum Gasteiger partial charge on any atom is 0.242 e. The van der Waals surface area contributed by atoms with Gasteiger partial charge in [0, 0.05) is 39.3 Å². The molecule has 0 radical (unpaired) electrons. The standard InChI is InChI=1S/C14H24N4O3/c15-14(1-2-14)13(20)18-5-3-17(4-6-18)12(19)11-16-7-9-21-10-8-16/h1-11,15H2. The average Bonchev–Trinajstić information content (AvgIpc) is 3.27. The number of piperazine rings is 1. The zero-order valence-corrected chi connectivity index (χ0v) is 12.4. The van der Waals surface area contributed by atoms with Crippen molar-refractivity contribution >= 4 is 11.8 Å². The molecule has 21 heavy (non-hydrogen) atoms. The van der Waals surface area contributed by atoms with E-state index in [-0.39, 0.29) is 11.8 Å². The van der Waals surface area contributed by atoms with E-state index in [1.807, 2.05) is 9.80 Å². The molecule has 0 bridgehead atoms. The van der Waals surface area contributed by atoms with Crippen LogP contribution in [0, 0.1) is 0 Å². The highest BCUT2D eigenvalue weighted by atomic mass is 16.5. The minimum Gasteiger partial charge on any atom is -0.379 e. The van der Waals surface area contributed by atoms with Gasteiger partial charge in [0.2, 0.25) is 11.8 Å². The number of carbonyl (C=O) groups excluding carboxylic acids is 2. The van der Waals surface area contributed by atoms with E-state index >= 15 is 0 Å². The first-order chi connectivity index (χ1) is 10.1. The summed E-state index contributed by atoms with van der Waals surface area (Å²) in [5.74, 6) is 0.209. The van der Waals surface area contributed by atoms with E-state index < -0.39 is 5.54 Å². The molecule has 3 fully saturated rings. The number of rotatable bonds is 3. The fourth-order valence-electron chi connectivity index (χ4n) is 2.87. The molecule has 0 unspecified atom stereocenters. The lowest BCUT2D eigenvalue weighted by Gasteiger charge is -2.37. The van der Waals surface area contributed by atoms with Crippen molar-refractivity contribution in [2.75, 3.05) is 59.0 Å². The van der Waals surface area contributed by atoms with Gasteiger partial charge in [-0.25, -0.2) is 0 Å². The summed E-state index contributed by atoms with van der Waals surface area (Å²) in [7, 11) is 0. The van der Waals surface area contributed by atoms with Gasteiger partial charge in [-0.3, -0.25) is 14.5 Å². The van der Waals surface area contributed by atoms with Gasteiger partial charge < -0.3 is 20.3 Å². The van der Waals surface area contributed by atoms with Gasteiger partial charge in [-0.05, 0) is 12.8 Å². The van der Waals surface area contributed by atoms with Crippen LogP contribution in [-0.2, 0) is 14.3 Å². The summed E-state index contributed by atoms with van der Waals surface area (Å²) < 4.78 is 5.28. The lowest BCUT2D eigenvalue weighted by Crippen LogP contribution is -2.56. The molecule has 118 valence electrons. The number of hydrogen-bond acceptors (Lipinski definition) is 5. The minimum absolute atomic E-state index is 0.0581. The number of nitrogens with zero attached hydrogens (tertiary/aromatic N) is 3. The summed E-state index contributed by atoms with van der Waals surface area (Å²) in [5.41, 5.74) is 5.35. The van der Waals surface area contributed by atoms with E-state index in [0.29, 0.717) is 45.9 Å². The summed E-state index contributed by atoms with van der Waals surface area (Å²) >= 11 is 0. The van der Waals surface area contributed by atoms with E-state index in [4.69, 9.17) is 10.5 Å². The molecule has 0 spiro atoms. The van der Waals surface area contributed by atoms with Crippen molar-refractivity contribution in [3.63, 3.8) is 0 Å².